The second kappa shape index (κ2) is 9.05. The van der Waals surface area contributed by atoms with Crippen molar-refractivity contribution in [2.75, 3.05) is 30.4 Å². The van der Waals surface area contributed by atoms with E-state index in [0.717, 1.165) is 31.6 Å². The molecule has 0 spiro atoms. The fraction of sp³-hybridized carbons (Fsp3) is 0.240. The van der Waals surface area contributed by atoms with E-state index in [9.17, 15) is 14.7 Å². The number of carbonyl (C=O) groups is 2. The first-order chi connectivity index (χ1) is 17.0. The molecule has 0 aliphatic carbocycles. The lowest BCUT2D eigenvalue weighted by molar-refractivity contribution is -0.114. The summed E-state index contributed by atoms with van der Waals surface area (Å²) < 4.78 is 6.48. The van der Waals surface area contributed by atoms with Gasteiger partial charge in [0.05, 0.1) is 53.2 Å². The van der Waals surface area contributed by atoms with Crippen LogP contribution in [0.4, 0.5) is 16.3 Å². The Hall–Kier alpha value is -4.47. The summed E-state index contributed by atoms with van der Waals surface area (Å²) in [4.78, 5) is 39.9. The Morgan fingerprint density at radius 3 is 2.51 bits per heavy atom. The second-order valence-electron chi connectivity index (χ2n) is 8.29. The SMILES string of the molecule is COc1ccc(-c2c(-c3ccnc(NC(C)=O)c3)n(C(=O)O)c3cc(N4CCCC4)cnc23)nc1. The van der Waals surface area contributed by atoms with Gasteiger partial charge in [-0.05, 0) is 43.2 Å². The van der Waals surface area contributed by atoms with Gasteiger partial charge in [-0.2, -0.15) is 0 Å². The first-order valence-corrected chi connectivity index (χ1v) is 11.2. The number of carboxylic acid groups (broad SMARTS) is 1. The van der Waals surface area contributed by atoms with Crippen LogP contribution in [0.15, 0.2) is 48.9 Å². The van der Waals surface area contributed by atoms with E-state index >= 15 is 0 Å². The minimum atomic E-state index is -1.15. The predicted molar refractivity (Wildman–Crippen MR) is 132 cm³/mol. The number of anilines is 2. The molecule has 0 bridgehead atoms. The van der Waals surface area contributed by atoms with Gasteiger partial charge in [0.2, 0.25) is 5.91 Å². The highest BCUT2D eigenvalue weighted by atomic mass is 16.5. The molecule has 10 nitrogen and oxygen atoms in total. The zero-order chi connectivity index (χ0) is 24.5. The summed E-state index contributed by atoms with van der Waals surface area (Å²) in [6, 6.07) is 8.75. The minimum Gasteiger partial charge on any atom is -0.495 e. The Morgan fingerprint density at radius 2 is 1.86 bits per heavy atom. The lowest BCUT2D eigenvalue weighted by atomic mass is 10.0. The molecule has 5 heterocycles. The van der Waals surface area contributed by atoms with Crippen molar-refractivity contribution in [3.63, 3.8) is 0 Å². The number of rotatable bonds is 5. The molecule has 4 aromatic heterocycles. The monoisotopic (exact) mass is 472 g/mol. The number of hydrogen-bond donors (Lipinski definition) is 2. The molecule has 1 aliphatic heterocycles. The number of nitrogens with zero attached hydrogens (tertiary/aromatic N) is 5. The van der Waals surface area contributed by atoms with Gasteiger partial charge in [-0.25, -0.2) is 14.3 Å². The van der Waals surface area contributed by atoms with Crippen molar-refractivity contribution in [2.45, 2.75) is 19.8 Å². The average molecular weight is 473 g/mol. The van der Waals surface area contributed by atoms with Gasteiger partial charge in [0.1, 0.15) is 11.6 Å². The van der Waals surface area contributed by atoms with E-state index in [-0.39, 0.29) is 5.91 Å². The fourth-order valence-electron chi connectivity index (χ4n) is 4.49. The van der Waals surface area contributed by atoms with E-state index in [1.165, 1.54) is 17.7 Å². The van der Waals surface area contributed by atoms with Crippen LogP contribution in [0.25, 0.3) is 33.5 Å². The number of ether oxygens (including phenoxy) is 1. The van der Waals surface area contributed by atoms with Gasteiger partial charge >= 0.3 is 6.09 Å². The van der Waals surface area contributed by atoms with Crippen molar-refractivity contribution in [1.82, 2.24) is 19.5 Å². The van der Waals surface area contributed by atoms with E-state index in [1.54, 1.807) is 43.8 Å². The Kier molecular flexibility index (Phi) is 5.77. The number of amides is 1. The van der Waals surface area contributed by atoms with E-state index in [0.29, 0.717) is 45.1 Å². The van der Waals surface area contributed by atoms with Gasteiger partial charge < -0.3 is 20.1 Å². The third-order valence-electron chi connectivity index (χ3n) is 6.02. The van der Waals surface area contributed by atoms with Crippen molar-refractivity contribution in [3.8, 4) is 28.3 Å². The molecular weight excluding hydrogens is 448 g/mol. The van der Waals surface area contributed by atoms with Crippen LogP contribution in [0.3, 0.4) is 0 Å². The third-order valence-corrected chi connectivity index (χ3v) is 6.02. The highest BCUT2D eigenvalue weighted by Crippen LogP contribution is 2.41. The molecule has 178 valence electrons. The highest BCUT2D eigenvalue weighted by Gasteiger charge is 2.27. The third kappa shape index (κ3) is 4.14. The van der Waals surface area contributed by atoms with Gasteiger partial charge in [0.25, 0.3) is 0 Å². The quantitative estimate of drug-likeness (QED) is 0.442. The summed E-state index contributed by atoms with van der Waals surface area (Å²) in [7, 11) is 1.56. The normalized spacial score (nSPS) is 13.3. The standard InChI is InChI=1S/C25H24N6O4/c1-15(32)29-21-11-16(7-8-26-21)24-22(19-6-5-18(35-2)14-27-19)23-20(31(24)25(33)34)12-17(13-28-23)30-9-3-4-10-30/h5-8,11-14H,3-4,9-10H2,1-2H3,(H,33,34)(H,26,29,32). The van der Waals surface area contributed by atoms with E-state index < -0.39 is 6.09 Å². The van der Waals surface area contributed by atoms with Crippen LogP contribution in [0.5, 0.6) is 5.75 Å². The van der Waals surface area contributed by atoms with Crippen molar-refractivity contribution in [1.29, 1.82) is 0 Å². The van der Waals surface area contributed by atoms with Crippen molar-refractivity contribution in [3.05, 3.63) is 48.9 Å². The van der Waals surface area contributed by atoms with Crippen LogP contribution in [0.1, 0.15) is 19.8 Å². The van der Waals surface area contributed by atoms with Crippen LogP contribution < -0.4 is 15.0 Å². The van der Waals surface area contributed by atoms with Gasteiger partial charge in [-0.1, -0.05) is 0 Å². The van der Waals surface area contributed by atoms with Crippen molar-refractivity contribution in [2.24, 2.45) is 0 Å². The van der Waals surface area contributed by atoms with Gasteiger partial charge in [0, 0.05) is 31.8 Å². The zero-order valence-electron chi connectivity index (χ0n) is 19.4. The van der Waals surface area contributed by atoms with Crippen LogP contribution in [0, 0.1) is 0 Å². The summed E-state index contributed by atoms with van der Waals surface area (Å²) >= 11 is 0. The summed E-state index contributed by atoms with van der Waals surface area (Å²) in [5, 5.41) is 13.0. The highest BCUT2D eigenvalue weighted by molar-refractivity contribution is 6.07. The van der Waals surface area contributed by atoms with Crippen LogP contribution >= 0.6 is 0 Å². The molecule has 4 aromatic rings. The molecule has 1 fully saturated rings. The molecule has 0 atom stereocenters. The van der Waals surface area contributed by atoms with Gasteiger partial charge in [-0.15, -0.1) is 0 Å². The van der Waals surface area contributed by atoms with E-state index in [4.69, 9.17) is 9.72 Å². The number of fused-ring (bicyclic) bond motifs is 1. The number of hydrogen-bond acceptors (Lipinski definition) is 7. The summed E-state index contributed by atoms with van der Waals surface area (Å²) in [5.74, 6) is 0.623. The molecule has 0 aromatic carbocycles. The molecule has 0 saturated carbocycles. The van der Waals surface area contributed by atoms with Crippen LogP contribution in [-0.4, -0.2) is 56.8 Å². The molecule has 0 unspecified atom stereocenters. The molecule has 1 saturated heterocycles. The number of pyridine rings is 3. The number of aromatic nitrogens is 4. The van der Waals surface area contributed by atoms with E-state index in [1.807, 2.05) is 6.07 Å². The fourth-order valence-corrected chi connectivity index (χ4v) is 4.49. The molecule has 1 amide bonds. The lowest BCUT2D eigenvalue weighted by Gasteiger charge is -2.17. The zero-order valence-corrected chi connectivity index (χ0v) is 19.4. The summed E-state index contributed by atoms with van der Waals surface area (Å²) in [6.45, 7) is 3.20. The van der Waals surface area contributed by atoms with Gasteiger partial charge in [-0.3, -0.25) is 14.8 Å². The number of methoxy groups -OCH3 is 1. The molecule has 10 heteroatoms. The first-order valence-electron chi connectivity index (χ1n) is 11.2. The second-order valence-corrected chi connectivity index (χ2v) is 8.29. The Morgan fingerprint density at radius 1 is 1.06 bits per heavy atom. The lowest BCUT2D eigenvalue weighted by Crippen LogP contribution is -2.18. The maximum atomic E-state index is 12.6. The number of carbonyl (C=O) groups excluding carboxylic acids is 1. The Balaban J connectivity index is 1.81. The molecular formula is C25H24N6O4. The maximum absolute atomic E-state index is 12.6. The van der Waals surface area contributed by atoms with Crippen LogP contribution in [0.2, 0.25) is 0 Å². The minimum absolute atomic E-state index is 0.276. The number of nitrogens with one attached hydrogen (secondary N) is 1. The molecule has 2 N–H and O–H groups in total. The van der Waals surface area contributed by atoms with Crippen molar-refractivity contribution >= 4 is 34.5 Å². The van der Waals surface area contributed by atoms with E-state index in [2.05, 4.69) is 20.2 Å². The maximum Gasteiger partial charge on any atom is 0.416 e. The Labute approximate surface area is 201 Å². The molecule has 1 aliphatic rings. The molecule has 5 rings (SSSR count). The van der Waals surface area contributed by atoms with Crippen molar-refractivity contribution < 1.29 is 19.4 Å². The predicted octanol–water partition coefficient (Wildman–Crippen LogP) is 4.25. The summed E-state index contributed by atoms with van der Waals surface area (Å²) in [6.07, 6.45) is 5.92. The average Bonchev–Trinajstić information content (AvgIpc) is 3.50. The molecule has 35 heavy (non-hydrogen) atoms. The van der Waals surface area contributed by atoms with Crippen LogP contribution in [-0.2, 0) is 4.79 Å². The smallest absolute Gasteiger partial charge is 0.416 e. The summed E-state index contributed by atoms with van der Waals surface area (Å²) in [5.41, 5.74) is 3.92. The van der Waals surface area contributed by atoms with Gasteiger partial charge in [0.15, 0.2) is 0 Å². The molecule has 0 radical (unpaired) electrons. The topological polar surface area (TPSA) is 122 Å². The Bertz CT molecular complexity index is 1420. The first kappa shape index (κ1) is 22.3. The largest absolute Gasteiger partial charge is 0.495 e.